The van der Waals surface area contributed by atoms with E-state index in [4.69, 9.17) is 9.88 Å². The molecule has 7 nitrogen and oxygen atoms in total. The number of nitrogens with zero attached hydrogens (tertiary/aromatic N) is 1. The van der Waals surface area contributed by atoms with Gasteiger partial charge in [0.1, 0.15) is 0 Å². The lowest BCUT2D eigenvalue weighted by Gasteiger charge is -2.36. The highest BCUT2D eigenvalue weighted by Crippen LogP contribution is 2.48. The van der Waals surface area contributed by atoms with Crippen molar-refractivity contribution < 1.29 is 39.9 Å². The number of alkyl halides is 3. The third kappa shape index (κ3) is 5.41. The number of nitrogens with one attached hydrogen (secondary N) is 1. The number of hydrogen-bond acceptors (Lipinski definition) is 5. The summed E-state index contributed by atoms with van der Waals surface area (Å²) in [5.74, 6) is -7.83. The van der Waals surface area contributed by atoms with Crippen molar-refractivity contribution in [2.75, 3.05) is 12.4 Å². The van der Waals surface area contributed by atoms with Gasteiger partial charge in [-0.2, -0.15) is 17.6 Å². The molecule has 2 aromatic rings. The lowest BCUT2D eigenvalue weighted by Crippen LogP contribution is -2.38. The number of aromatic nitrogens is 1. The molecule has 1 amide bonds. The van der Waals surface area contributed by atoms with Crippen LogP contribution in [0.25, 0.3) is 0 Å². The molecule has 1 aromatic heterocycles. The summed E-state index contributed by atoms with van der Waals surface area (Å²) in [6.07, 6.45) is -4.55. The number of hydrogen-bond donors (Lipinski definition) is 2. The molecular formula is C20H20F5N3O4S. The molecule has 3 rings (SSSR count). The number of ether oxygens (including phenoxy) is 1. The fraction of sp³-hybridized carbons (Fsp3) is 0.400. The molecule has 1 aliphatic rings. The first-order valence-electron chi connectivity index (χ1n) is 9.71. The molecule has 1 saturated carbocycles. The van der Waals surface area contributed by atoms with Crippen molar-refractivity contribution in [2.24, 2.45) is 17.0 Å². The Kier molecular flexibility index (Phi) is 6.93. The maximum Gasteiger partial charge on any atom is 0.391 e. The van der Waals surface area contributed by atoms with E-state index in [1.54, 1.807) is 0 Å². The van der Waals surface area contributed by atoms with E-state index in [0.717, 1.165) is 25.4 Å². The van der Waals surface area contributed by atoms with Gasteiger partial charge in [-0.3, -0.25) is 4.79 Å². The Labute approximate surface area is 186 Å². The second kappa shape index (κ2) is 9.21. The largest absolute Gasteiger partial charge is 0.493 e. The van der Waals surface area contributed by atoms with Crippen LogP contribution in [0.5, 0.6) is 5.75 Å². The molecule has 3 atom stereocenters. The van der Waals surface area contributed by atoms with Crippen LogP contribution in [0.3, 0.4) is 0 Å². The summed E-state index contributed by atoms with van der Waals surface area (Å²) in [7, 11) is -3.10. The van der Waals surface area contributed by atoms with Crippen LogP contribution < -0.4 is 15.2 Å². The van der Waals surface area contributed by atoms with Gasteiger partial charge >= 0.3 is 6.18 Å². The SMILES string of the molecule is COc1c([C@@H]2CC[C@@H](C(F)(F)F)CC2C(=O)Nc2ccnc(S(N)(=O)=O)c2)ccc(F)c1F. The molecule has 1 aromatic carbocycles. The molecule has 13 heteroatoms. The van der Waals surface area contributed by atoms with Crippen molar-refractivity contribution in [1.29, 1.82) is 0 Å². The molecule has 0 radical (unpaired) electrons. The molecule has 0 saturated heterocycles. The van der Waals surface area contributed by atoms with Crippen LogP contribution >= 0.6 is 0 Å². The van der Waals surface area contributed by atoms with Crippen molar-refractivity contribution in [2.45, 2.75) is 36.4 Å². The molecular weight excluding hydrogens is 473 g/mol. The summed E-state index contributed by atoms with van der Waals surface area (Å²) < 4.78 is 96.1. The number of amides is 1. The fourth-order valence-electron chi connectivity index (χ4n) is 4.05. The predicted molar refractivity (Wildman–Crippen MR) is 107 cm³/mol. The Morgan fingerprint density at radius 2 is 1.91 bits per heavy atom. The van der Waals surface area contributed by atoms with Gasteiger partial charge in [0.15, 0.2) is 16.6 Å². The van der Waals surface area contributed by atoms with Gasteiger partial charge in [0.05, 0.1) is 13.0 Å². The van der Waals surface area contributed by atoms with E-state index in [-0.39, 0.29) is 24.1 Å². The van der Waals surface area contributed by atoms with E-state index in [1.807, 2.05) is 0 Å². The molecule has 3 N–H and O–H groups in total. The van der Waals surface area contributed by atoms with Crippen molar-refractivity contribution in [3.63, 3.8) is 0 Å². The normalized spacial score (nSPS) is 21.5. The summed E-state index contributed by atoms with van der Waals surface area (Å²) in [6.45, 7) is 0. The Morgan fingerprint density at radius 1 is 1.21 bits per heavy atom. The number of methoxy groups -OCH3 is 1. The zero-order valence-electron chi connectivity index (χ0n) is 17.2. The Morgan fingerprint density at radius 3 is 2.52 bits per heavy atom. The number of rotatable bonds is 5. The maximum atomic E-state index is 14.3. The molecule has 1 fully saturated rings. The van der Waals surface area contributed by atoms with E-state index in [0.29, 0.717) is 0 Å². The number of anilines is 1. The zero-order chi connectivity index (χ0) is 24.6. The number of halogens is 5. The molecule has 0 spiro atoms. The number of nitrogens with two attached hydrogens (primary N) is 1. The molecule has 1 heterocycles. The van der Waals surface area contributed by atoms with Crippen LogP contribution in [-0.4, -0.2) is 32.6 Å². The first kappa shape index (κ1) is 24.8. The quantitative estimate of drug-likeness (QED) is 0.617. The van der Waals surface area contributed by atoms with Gasteiger partial charge in [-0.05, 0) is 37.3 Å². The van der Waals surface area contributed by atoms with Gasteiger partial charge in [-0.15, -0.1) is 0 Å². The number of carbonyl (C=O) groups excluding carboxylic acids is 1. The lowest BCUT2D eigenvalue weighted by atomic mass is 9.70. The van der Waals surface area contributed by atoms with Crippen molar-refractivity contribution in [3.8, 4) is 5.75 Å². The molecule has 0 aliphatic heterocycles. The monoisotopic (exact) mass is 493 g/mol. The van der Waals surface area contributed by atoms with E-state index in [2.05, 4.69) is 10.3 Å². The summed E-state index contributed by atoms with van der Waals surface area (Å²) in [5.41, 5.74) is 0.0151. The maximum absolute atomic E-state index is 14.3. The average Bonchev–Trinajstić information content (AvgIpc) is 2.74. The van der Waals surface area contributed by atoms with Gasteiger partial charge in [-0.25, -0.2) is 22.9 Å². The summed E-state index contributed by atoms with van der Waals surface area (Å²) in [4.78, 5) is 16.6. The second-order valence-electron chi connectivity index (χ2n) is 7.67. The second-order valence-corrected chi connectivity index (χ2v) is 9.17. The first-order valence-corrected chi connectivity index (χ1v) is 11.3. The summed E-state index contributed by atoms with van der Waals surface area (Å²) >= 11 is 0. The number of benzene rings is 1. The first-order chi connectivity index (χ1) is 15.3. The standard InChI is InChI=1S/C20H20F5N3O4S/c1-32-18-13(4-5-15(21)17(18)22)12-3-2-10(20(23,24)25)8-14(12)19(29)28-11-6-7-27-16(9-11)33(26,30)31/h4-7,9-10,12,14H,2-3,8H2,1H3,(H2,26,30,31)(H,27,28,29)/t10-,12+,14?/m1/s1. The van der Waals surface area contributed by atoms with E-state index < -0.39 is 68.7 Å². The minimum absolute atomic E-state index is 0.0517. The Balaban J connectivity index is 1.98. The van der Waals surface area contributed by atoms with Gasteiger partial charge in [0.2, 0.25) is 11.7 Å². The van der Waals surface area contributed by atoms with Crippen LogP contribution in [0.4, 0.5) is 27.6 Å². The number of sulfonamides is 1. The average molecular weight is 493 g/mol. The highest BCUT2D eigenvalue weighted by molar-refractivity contribution is 7.89. The van der Waals surface area contributed by atoms with Crippen LogP contribution in [0.2, 0.25) is 0 Å². The molecule has 1 unspecified atom stereocenters. The van der Waals surface area contributed by atoms with E-state index in [9.17, 15) is 35.2 Å². The van der Waals surface area contributed by atoms with E-state index in [1.165, 1.54) is 12.1 Å². The smallest absolute Gasteiger partial charge is 0.391 e. The van der Waals surface area contributed by atoms with Gasteiger partial charge < -0.3 is 10.1 Å². The predicted octanol–water partition coefficient (Wildman–Crippen LogP) is 3.72. The third-order valence-corrected chi connectivity index (χ3v) is 6.43. The number of carbonyl (C=O) groups is 1. The summed E-state index contributed by atoms with van der Waals surface area (Å²) in [6, 6.07) is 4.20. The highest BCUT2D eigenvalue weighted by atomic mass is 32.2. The zero-order valence-corrected chi connectivity index (χ0v) is 18.0. The minimum atomic E-state index is -4.56. The molecule has 1 aliphatic carbocycles. The lowest BCUT2D eigenvalue weighted by molar-refractivity contribution is -0.187. The van der Waals surface area contributed by atoms with Crippen molar-refractivity contribution in [3.05, 3.63) is 47.7 Å². The Bertz CT molecular complexity index is 1160. The van der Waals surface area contributed by atoms with Crippen molar-refractivity contribution in [1.82, 2.24) is 4.98 Å². The van der Waals surface area contributed by atoms with Crippen LogP contribution in [0.1, 0.15) is 30.7 Å². The van der Waals surface area contributed by atoms with Crippen LogP contribution in [0.15, 0.2) is 35.5 Å². The number of pyridine rings is 1. The number of primary sulfonamides is 1. The van der Waals surface area contributed by atoms with Crippen molar-refractivity contribution >= 4 is 21.6 Å². The fourth-order valence-corrected chi connectivity index (χ4v) is 4.55. The minimum Gasteiger partial charge on any atom is -0.493 e. The Hall–Kier alpha value is -2.80. The molecule has 180 valence electrons. The van der Waals surface area contributed by atoms with Gasteiger partial charge in [0.25, 0.3) is 10.0 Å². The molecule has 0 bridgehead atoms. The molecule has 33 heavy (non-hydrogen) atoms. The highest BCUT2D eigenvalue weighted by Gasteiger charge is 2.47. The third-order valence-electron chi connectivity index (χ3n) is 5.63. The van der Waals surface area contributed by atoms with Crippen LogP contribution in [0, 0.1) is 23.5 Å². The topological polar surface area (TPSA) is 111 Å². The van der Waals surface area contributed by atoms with Gasteiger partial charge in [0, 0.05) is 29.4 Å². The summed E-state index contributed by atoms with van der Waals surface area (Å²) in [5, 5.41) is 6.85. The van der Waals surface area contributed by atoms with Gasteiger partial charge in [-0.1, -0.05) is 6.07 Å². The van der Waals surface area contributed by atoms with Crippen LogP contribution in [-0.2, 0) is 14.8 Å². The van der Waals surface area contributed by atoms with E-state index >= 15 is 0 Å².